The number of morpholine rings is 1. The van der Waals surface area contributed by atoms with Crippen LogP contribution in [-0.2, 0) is 4.74 Å². The van der Waals surface area contributed by atoms with Gasteiger partial charge in [-0.05, 0) is 32.4 Å². The lowest BCUT2D eigenvalue weighted by atomic mass is 10.2. The maximum atomic E-state index is 5.93. The largest absolute Gasteiger partial charge is 0.497 e. The smallest absolute Gasteiger partial charge is 0.193 e. The van der Waals surface area contributed by atoms with Crippen molar-refractivity contribution in [1.29, 1.82) is 0 Å². The fraction of sp³-hybridized carbons (Fsp3) is 0.588. The first kappa shape index (κ1) is 17.6. The molecule has 1 aromatic carbocycles. The molecule has 1 aliphatic heterocycles. The van der Waals surface area contributed by atoms with Crippen LogP contribution in [0.5, 0.6) is 5.75 Å². The van der Waals surface area contributed by atoms with Crippen molar-refractivity contribution < 1.29 is 9.47 Å². The molecule has 0 radical (unpaired) electrons. The number of hydrogen-bond donors (Lipinski definition) is 2. The van der Waals surface area contributed by atoms with E-state index in [4.69, 9.17) is 15.2 Å². The third-order valence-corrected chi connectivity index (χ3v) is 3.75. The third kappa shape index (κ3) is 6.08. The van der Waals surface area contributed by atoms with Gasteiger partial charge >= 0.3 is 0 Å². The van der Waals surface area contributed by atoms with Crippen LogP contribution in [0.3, 0.4) is 0 Å². The Labute approximate surface area is 138 Å². The van der Waals surface area contributed by atoms with Crippen molar-refractivity contribution in [2.75, 3.05) is 38.6 Å². The fourth-order valence-corrected chi connectivity index (χ4v) is 2.85. The van der Waals surface area contributed by atoms with Crippen LogP contribution in [0.2, 0.25) is 0 Å². The zero-order chi connectivity index (χ0) is 16.7. The first-order valence-electron chi connectivity index (χ1n) is 8.15. The summed E-state index contributed by atoms with van der Waals surface area (Å²) in [6.07, 6.45) is 1.60. The van der Waals surface area contributed by atoms with Gasteiger partial charge in [-0.3, -0.25) is 9.89 Å². The average Bonchev–Trinajstić information content (AvgIpc) is 2.51. The molecule has 23 heavy (non-hydrogen) atoms. The van der Waals surface area contributed by atoms with Gasteiger partial charge in [0.1, 0.15) is 5.75 Å². The lowest BCUT2D eigenvalue weighted by molar-refractivity contribution is -0.0679. The van der Waals surface area contributed by atoms with Gasteiger partial charge in [0.2, 0.25) is 0 Å². The third-order valence-electron chi connectivity index (χ3n) is 3.75. The zero-order valence-corrected chi connectivity index (χ0v) is 14.3. The number of benzene rings is 1. The topological polar surface area (TPSA) is 72.1 Å². The standard InChI is InChI=1S/C17H28N4O2/c1-13-11-21(12-14(2)23-13)9-5-8-19-17(18)20-15-6-4-7-16(10-15)22-3/h4,6-7,10,13-14H,5,8-9,11-12H2,1-3H3,(H3,18,19,20). The van der Waals surface area contributed by atoms with Crippen LogP contribution in [0, 0.1) is 0 Å². The Morgan fingerprint density at radius 1 is 1.39 bits per heavy atom. The van der Waals surface area contributed by atoms with E-state index in [1.807, 2.05) is 24.3 Å². The first-order valence-corrected chi connectivity index (χ1v) is 8.15. The van der Waals surface area contributed by atoms with Gasteiger partial charge in [-0.25, -0.2) is 0 Å². The maximum Gasteiger partial charge on any atom is 0.193 e. The van der Waals surface area contributed by atoms with E-state index >= 15 is 0 Å². The Balaban J connectivity index is 1.72. The molecule has 1 saturated heterocycles. The zero-order valence-electron chi connectivity index (χ0n) is 14.3. The molecule has 1 aromatic rings. The molecule has 1 aliphatic rings. The van der Waals surface area contributed by atoms with Crippen LogP contribution < -0.4 is 15.8 Å². The van der Waals surface area contributed by atoms with E-state index in [1.165, 1.54) is 0 Å². The number of hydrogen-bond acceptors (Lipinski definition) is 4. The molecule has 1 heterocycles. The highest BCUT2D eigenvalue weighted by Gasteiger charge is 2.21. The summed E-state index contributed by atoms with van der Waals surface area (Å²) in [5.41, 5.74) is 6.80. The van der Waals surface area contributed by atoms with E-state index in [9.17, 15) is 0 Å². The second-order valence-corrected chi connectivity index (χ2v) is 5.99. The Bertz CT molecular complexity index is 511. The van der Waals surface area contributed by atoms with Gasteiger partial charge in [-0.2, -0.15) is 0 Å². The van der Waals surface area contributed by atoms with Crippen molar-refractivity contribution in [2.24, 2.45) is 10.7 Å². The van der Waals surface area contributed by atoms with E-state index in [-0.39, 0.29) is 0 Å². The molecule has 0 amide bonds. The van der Waals surface area contributed by atoms with Gasteiger partial charge in [0.15, 0.2) is 5.96 Å². The Hall–Kier alpha value is -1.79. The molecular weight excluding hydrogens is 292 g/mol. The lowest BCUT2D eigenvalue weighted by Gasteiger charge is -2.35. The second-order valence-electron chi connectivity index (χ2n) is 5.99. The summed E-state index contributed by atoms with van der Waals surface area (Å²) in [5.74, 6) is 1.22. The Kier molecular flexibility index (Phi) is 6.67. The Morgan fingerprint density at radius 2 is 2.13 bits per heavy atom. The van der Waals surface area contributed by atoms with E-state index in [2.05, 4.69) is 29.1 Å². The van der Waals surface area contributed by atoms with Crippen molar-refractivity contribution >= 4 is 11.6 Å². The molecule has 0 saturated carbocycles. The van der Waals surface area contributed by atoms with Gasteiger partial charge < -0.3 is 20.5 Å². The van der Waals surface area contributed by atoms with Crippen LogP contribution in [0.25, 0.3) is 0 Å². The minimum atomic E-state index is 0.307. The van der Waals surface area contributed by atoms with Crippen molar-refractivity contribution in [3.63, 3.8) is 0 Å². The summed E-state index contributed by atoms with van der Waals surface area (Å²) in [7, 11) is 1.64. The van der Waals surface area contributed by atoms with Crippen LogP contribution in [-0.4, -0.2) is 56.4 Å². The molecule has 2 rings (SSSR count). The molecule has 0 bridgehead atoms. The highest BCUT2D eigenvalue weighted by molar-refractivity contribution is 5.92. The van der Waals surface area contributed by atoms with Crippen molar-refractivity contribution in [2.45, 2.75) is 32.5 Å². The molecule has 128 valence electrons. The summed E-state index contributed by atoms with van der Waals surface area (Å²) in [5, 5.41) is 3.08. The van der Waals surface area contributed by atoms with Crippen LogP contribution >= 0.6 is 0 Å². The minimum Gasteiger partial charge on any atom is -0.497 e. The van der Waals surface area contributed by atoms with Crippen molar-refractivity contribution in [3.05, 3.63) is 24.3 Å². The molecule has 2 unspecified atom stereocenters. The van der Waals surface area contributed by atoms with Gasteiger partial charge in [0, 0.05) is 37.9 Å². The predicted octanol–water partition coefficient (Wildman–Crippen LogP) is 1.92. The van der Waals surface area contributed by atoms with Gasteiger partial charge in [0.05, 0.1) is 19.3 Å². The number of guanidine groups is 1. The second kappa shape index (κ2) is 8.74. The molecule has 3 N–H and O–H groups in total. The number of anilines is 1. The number of rotatable bonds is 6. The predicted molar refractivity (Wildman–Crippen MR) is 94.2 cm³/mol. The first-order chi connectivity index (χ1) is 11.1. The molecule has 1 fully saturated rings. The lowest BCUT2D eigenvalue weighted by Crippen LogP contribution is -2.45. The van der Waals surface area contributed by atoms with E-state index in [0.717, 1.165) is 37.5 Å². The van der Waals surface area contributed by atoms with Crippen molar-refractivity contribution in [3.8, 4) is 5.75 Å². The summed E-state index contributed by atoms with van der Waals surface area (Å²) < 4.78 is 10.9. The number of methoxy groups -OCH3 is 1. The number of ether oxygens (including phenoxy) is 2. The highest BCUT2D eigenvalue weighted by atomic mass is 16.5. The summed E-state index contributed by atoms with van der Waals surface area (Å²) in [6.45, 7) is 7.96. The van der Waals surface area contributed by atoms with Crippen LogP contribution in [0.1, 0.15) is 20.3 Å². The highest BCUT2D eigenvalue weighted by Crippen LogP contribution is 2.16. The van der Waals surface area contributed by atoms with E-state index in [1.54, 1.807) is 7.11 Å². The minimum absolute atomic E-state index is 0.307. The van der Waals surface area contributed by atoms with Gasteiger partial charge in [-0.15, -0.1) is 0 Å². The monoisotopic (exact) mass is 320 g/mol. The normalized spacial score (nSPS) is 22.8. The SMILES string of the molecule is COc1cccc(NC(N)=NCCCN2CC(C)OC(C)C2)c1. The molecule has 6 nitrogen and oxygen atoms in total. The number of nitrogens with two attached hydrogens (primary N) is 1. The average molecular weight is 320 g/mol. The molecule has 0 spiro atoms. The van der Waals surface area contributed by atoms with Gasteiger partial charge in [0.25, 0.3) is 0 Å². The number of nitrogens with one attached hydrogen (secondary N) is 1. The number of aliphatic imine (C=N–C) groups is 1. The molecule has 2 atom stereocenters. The van der Waals surface area contributed by atoms with E-state index in [0.29, 0.717) is 24.7 Å². The Morgan fingerprint density at radius 3 is 2.83 bits per heavy atom. The van der Waals surface area contributed by atoms with E-state index < -0.39 is 0 Å². The summed E-state index contributed by atoms with van der Waals surface area (Å²) in [6, 6.07) is 7.62. The molecular formula is C17H28N4O2. The van der Waals surface area contributed by atoms with Crippen molar-refractivity contribution in [1.82, 2.24) is 4.90 Å². The number of nitrogens with zero attached hydrogens (tertiary/aromatic N) is 2. The molecule has 6 heteroatoms. The summed E-state index contributed by atoms with van der Waals surface area (Å²) in [4.78, 5) is 6.81. The fourth-order valence-electron chi connectivity index (χ4n) is 2.85. The van der Waals surface area contributed by atoms with Crippen LogP contribution in [0.15, 0.2) is 29.3 Å². The maximum absolute atomic E-state index is 5.93. The summed E-state index contributed by atoms with van der Waals surface area (Å²) >= 11 is 0. The van der Waals surface area contributed by atoms with Crippen LogP contribution in [0.4, 0.5) is 5.69 Å². The molecule has 0 aliphatic carbocycles. The van der Waals surface area contributed by atoms with Gasteiger partial charge in [-0.1, -0.05) is 6.07 Å². The quantitative estimate of drug-likeness (QED) is 0.476. The molecule has 0 aromatic heterocycles.